The minimum Gasteiger partial charge on any atom is -0.495 e. The van der Waals surface area contributed by atoms with E-state index in [1.807, 2.05) is 24.3 Å². The minimum atomic E-state index is -0.541. The number of nitro groups is 1. The molecule has 3 aromatic rings. The summed E-state index contributed by atoms with van der Waals surface area (Å²) >= 11 is 7.49. The van der Waals surface area contributed by atoms with Crippen LogP contribution < -0.4 is 10.1 Å². The molecule has 0 saturated carbocycles. The molecule has 4 rings (SSSR count). The van der Waals surface area contributed by atoms with Crippen LogP contribution in [0.25, 0.3) is 0 Å². The molecule has 1 N–H and O–H groups in total. The maximum Gasteiger partial charge on any atom is 0.271 e. The number of hydrogen-bond acceptors (Lipinski definition) is 6. The number of carbonyl (C=O) groups excluding carboxylic acids is 2. The van der Waals surface area contributed by atoms with Gasteiger partial charge in [-0.2, -0.15) is 0 Å². The SMILES string of the molecule is COc1ccc([N+](=O)[O-])cc1NC(=O)c1ccc([C@H]2SCC(=O)N2Cc2ccc(Cl)cc2)cc1. The van der Waals surface area contributed by atoms with E-state index < -0.39 is 10.8 Å². The minimum absolute atomic E-state index is 0.0459. The molecule has 1 saturated heterocycles. The molecule has 3 aromatic carbocycles. The molecule has 0 radical (unpaired) electrons. The fraction of sp³-hybridized carbons (Fsp3) is 0.167. The van der Waals surface area contributed by atoms with Crippen molar-refractivity contribution in [2.75, 3.05) is 18.2 Å². The third kappa shape index (κ3) is 5.16. The van der Waals surface area contributed by atoms with E-state index in [9.17, 15) is 19.7 Å². The number of benzene rings is 3. The zero-order valence-corrected chi connectivity index (χ0v) is 19.6. The van der Waals surface area contributed by atoms with Gasteiger partial charge in [-0.25, -0.2) is 0 Å². The number of anilines is 1. The Morgan fingerprint density at radius 2 is 1.88 bits per heavy atom. The van der Waals surface area contributed by atoms with Crippen LogP contribution in [0.15, 0.2) is 66.7 Å². The largest absolute Gasteiger partial charge is 0.495 e. The summed E-state index contributed by atoms with van der Waals surface area (Å²) in [6.07, 6.45) is 0. The quantitative estimate of drug-likeness (QED) is 0.352. The van der Waals surface area contributed by atoms with Gasteiger partial charge in [-0.05, 0) is 41.5 Å². The third-order valence-corrected chi connectivity index (χ3v) is 6.84. The van der Waals surface area contributed by atoms with Crippen molar-refractivity contribution in [3.05, 3.63) is 98.6 Å². The van der Waals surface area contributed by atoms with E-state index in [4.69, 9.17) is 16.3 Å². The first-order chi connectivity index (χ1) is 16.4. The normalized spacial score (nSPS) is 15.3. The Kier molecular flexibility index (Phi) is 7.04. The average Bonchev–Trinajstić information content (AvgIpc) is 3.20. The van der Waals surface area contributed by atoms with Gasteiger partial charge in [0.15, 0.2) is 0 Å². The van der Waals surface area contributed by atoms with E-state index >= 15 is 0 Å². The van der Waals surface area contributed by atoms with Crippen molar-refractivity contribution in [2.45, 2.75) is 11.9 Å². The van der Waals surface area contributed by atoms with Crippen LogP contribution in [-0.2, 0) is 11.3 Å². The van der Waals surface area contributed by atoms with Crippen LogP contribution >= 0.6 is 23.4 Å². The predicted molar refractivity (Wildman–Crippen MR) is 131 cm³/mol. The van der Waals surface area contributed by atoms with Crippen molar-refractivity contribution in [1.29, 1.82) is 0 Å². The van der Waals surface area contributed by atoms with E-state index in [1.54, 1.807) is 29.2 Å². The average molecular weight is 498 g/mol. The maximum absolute atomic E-state index is 12.8. The number of rotatable bonds is 7. The number of halogens is 1. The molecule has 1 aliphatic heterocycles. The van der Waals surface area contributed by atoms with Crippen LogP contribution in [0.2, 0.25) is 5.02 Å². The van der Waals surface area contributed by atoms with Crippen LogP contribution in [0.3, 0.4) is 0 Å². The summed E-state index contributed by atoms with van der Waals surface area (Å²) in [6, 6.07) is 18.3. The monoisotopic (exact) mass is 497 g/mol. The van der Waals surface area contributed by atoms with Gasteiger partial charge in [0.2, 0.25) is 5.91 Å². The molecule has 10 heteroatoms. The predicted octanol–water partition coefficient (Wildman–Crippen LogP) is 5.28. The number of ether oxygens (including phenoxy) is 1. The Bertz CT molecular complexity index is 1230. The number of amides is 2. The van der Waals surface area contributed by atoms with Gasteiger partial charge < -0.3 is 15.0 Å². The van der Waals surface area contributed by atoms with E-state index in [1.165, 1.54) is 37.1 Å². The lowest BCUT2D eigenvalue weighted by atomic mass is 10.1. The number of nitrogens with zero attached hydrogens (tertiary/aromatic N) is 2. The van der Waals surface area contributed by atoms with Crippen molar-refractivity contribution in [2.24, 2.45) is 0 Å². The number of methoxy groups -OCH3 is 1. The van der Waals surface area contributed by atoms with Gasteiger partial charge in [0, 0.05) is 29.3 Å². The molecule has 2 amide bonds. The second-order valence-electron chi connectivity index (χ2n) is 7.53. The van der Waals surface area contributed by atoms with E-state index in [2.05, 4.69) is 5.32 Å². The standard InChI is InChI=1S/C24H20ClN3O5S/c1-33-21-11-10-19(28(31)32)12-20(21)26-23(30)16-4-6-17(7-5-16)24-27(22(29)14-34-24)13-15-2-8-18(25)9-3-15/h2-12,24H,13-14H2,1H3,(H,26,30)/t24-/m1/s1. The number of hydrogen-bond donors (Lipinski definition) is 1. The van der Waals surface area contributed by atoms with Crippen LogP contribution in [0, 0.1) is 10.1 Å². The first kappa shape index (κ1) is 23.6. The Balaban J connectivity index is 1.49. The van der Waals surface area contributed by atoms with Crippen molar-refractivity contribution < 1.29 is 19.2 Å². The zero-order chi connectivity index (χ0) is 24.2. The van der Waals surface area contributed by atoms with Crippen molar-refractivity contribution >= 4 is 46.6 Å². The highest BCUT2D eigenvalue weighted by atomic mass is 35.5. The molecule has 8 nitrogen and oxygen atoms in total. The summed E-state index contributed by atoms with van der Waals surface area (Å²) < 4.78 is 5.20. The zero-order valence-electron chi connectivity index (χ0n) is 18.1. The highest BCUT2D eigenvalue weighted by Gasteiger charge is 2.32. The molecule has 0 aromatic heterocycles. The van der Waals surface area contributed by atoms with Crippen LogP contribution in [-0.4, -0.2) is 34.5 Å². The number of carbonyl (C=O) groups is 2. The smallest absolute Gasteiger partial charge is 0.271 e. The second kappa shape index (κ2) is 10.1. The number of nitrogens with one attached hydrogen (secondary N) is 1. The highest BCUT2D eigenvalue weighted by molar-refractivity contribution is 8.00. The Labute approximate surface area is 205 Å². The lowest BCUT2D eigenvalue weighted by Crippen LogP contribution is -2.27. The molecule has 0 bridgehead atoms. The van der Waals surface area contributed by atoms with Gasteiger partial charge in [-0.15, -0.1) is 11.8 Å². The molecular formula is C24H20ClN3O5S. The second-order valence-corrected chi connectivity index (χ2v) is 9.03. The Morgan fingerprint density at radius 3 is 2.53 bits per heavy atom. The number of nitro benzene ring substituents is 1. The van der Waals surface area contributed by atoms with Crippen LogP contribution in [0.1, 0.15) is 26.9 Å². The Morgan fingerprint density at radius 1 is 1.18 bits per heavy atom. The molecule has 0 aliphatic carbocycles. The van der Waals surface area contributed by atoms with Gasteiger partial charge in [-0.1, -0.05) is 35.9 Å². The molecule has 0 spiro atoms. The lowest BCUT2D eigenvalue weighted by Gasteiger charge is -2.24. The molecule has 1 fully saturated rings. The lowest BCUT2D eigenvalue weighted by molar-refractivity contribution is -0.384. The van der Waals surface area contributed by atoms with Gasteiger partial charge >= 0.3 is 0 Å². The van der Waals surface area contributed by atoms with Crippen LogP contribution in [0.5, 0.6) is 5.75 Å². The van der Waals surface area contributed by atoms with Crippen molar-refractivity contribution in [1.82, 2.24) is 4.90 Å². The summed E-state index contributed by atoms with van der Waals surface area (Å²) in [5, 5.41) is 14.2. The molecule has 34 heavy (non-hydrogen) atoms. The molecule has 1 atom stereocenters. The van der Waals surface area contributed by atoms with Gasteiger partial charge in [0.05, 0.1) is 23.5 Å². The molecule has 1 heterocycles. The van der Waals surface area contributed by atoms with Crippen molar-refractivity contribution in [3.63, 3.8) is 0 Å². The number of non-ortho nitro benzene ring substituents is 1. The summed E-state index contributed by atoms with van der Waals surface area (Å²) in [6.45, 7) is 0.461. The van der Waals surface area contributed by atoms with Gasteiger partial charge in [0.1, 0.15) is 11.1 Å². The van der Waals surface area contributed by atoms with Gasteiger partial charge in [0.25, 0.3) is 11.6 Å². The van der Waals surface area contributed by atoms with Crippen molar-refractivity contribution in [3.8, 4) is 5.75 Å². The molecular weight excluding hydrogens is 478 g/mol. The molecule has 1 aliphatic rings. The summed E-state index contributed by atoms with van der Waals surface area (Å²) in [4.78, 5) is 37.6. The third-order valence-electron chi connectivity index (χ3n) is 5.33. The van der Waals surface area contributed by atoms with E-state index in [0.29, 0.717) is 28.6 Å². The topological polar surface area (TPSA) is 102 Å². The molecule has 174 valence electrons. The summed E-state index contributed by atoms with van der Waals surface area (Å²) in [5.41, 5.74) is 2.30. The maximum atomic E-state index is 12.8. The summed E-state index contributed by atoms with van der Waals surface area (Å²) in [5.74, 6) is 0.310. The number of thioether (sulfide) groups is 1. The Hall–Kier alpha value is -3.56. The summed E-state index contributed by atoms with van der Waals surface area (Å²) in [7, 11) is 1.42. The van der Waals surface area contributed by atoms with E-state index in [-0.39, 0.29) is 22.7 Å². The first-order valence-corrected chi connectivity index (χ1v) is 11.7. The first-order valence-electron chi connectivity index (χ1n) is 10.2. The fourth-order valence-electron chi connectivity index (χ4n) is 3.59. The molecule has 0 unspecified atom stereocenters. The highest BCUT2D eigenvalue weighted by Crippen LogP contribution is 2.39. The van der Waals surface area contributed by atoms with E-state index in [0.717, 1.165) is 11.1 Å². The van der Waals surface area contributed by atoms with Crippen LogP contribution in [0.4, 0.5) is 11.4 Å². The van der Waals surface area contributed by atoms with Gasteiger partial charge in [-0.3, -0.25) is 19.7 Å². The fourth-order valence-corrected chi connectivity index (χ4v) is 4.90.